The van der Waals surface area contributed by atoms with E-state index in [0.29, 0.717) is 25.2 Å². The first-order chi connectivity index (χ1) is 11.5. The number of aryl methyl sites for hydroxylation is 1. The number of amides is 2. The Hall–Kier alpha value is -2.70. The second-order valence-electron chi connectivity index (χ2n) is 5.90. The Kier molecular flexibility index (Phi) is 4.33. The van der Waals surface area contributed by atoms with Crippen molar-refractivity contribution in [2.75, 3.05) is 13.1 Å². The molecular weight excluding hydrogens is 311 g/mol. The molecule has 1 saturated heterocycles. The Morgan fingerprint density at radius 1 is 1.38 bits per heavy atom. The fourth-order valence-corrected chi connectivity index (χ4v) is 2.82. The summed E-state index contributed by atoms with van der Waals surface area (Å²) < 4.78 is 14.8. The molecule has 3 rings (SSSR count). The molecule has 24 heavy (non-hydrogen) atoms. The quantitative estimate of drug-likeness (QED) is 0.911. The topological polar surface area (TPSA) is 67.2 Å². The largest absolute Gasteiger partial charge is 0.354 e. The summed E-state index contributed by atoms with van der Waals surface area (Å²) in [5, 5.41) is 7.09. The third kappa shape index (κ3) is 3.02. The molecule has 1 aliphatic heterocycles. The van der Waals surface area contributed by atoms with Crippen molar-refractivity contribution in [2.24, 2.45) is 0 Å². The first kappa shape index (κ1) is 16.2. The highest BCUT2D eigenvalue weighted by Gasteiger charge is 2.29. The molecule has 0 bridgehead atoms. The number of hydrogen-bond donors (Lipinski definition) is 1. The SMILES string of the molecule is Cc1cc(F)ccc1-n1ccc(C(=O)N2CCCNC(=O)[C@H]2C)n1. The molecule has 2 aromatic rings. The lowest BCUT2D eigenvalue weighted by atomic mass is 10.2. The molecule has 1 aliphatic rings. The van der Waals surface area contributed by atoms with Crippen LogP contribution in [0.1, 0.15) is 29.4 Å². The second kappa shape index (κ2) is 6.43. The number of hydrogen-bond acceptors (Lipinski definition) is 3. The molecule has 7 heteroatoms. The van der Waals surface area contributed by atoms with Crippen molar-refractivity contribution in [3.05, 3.63) is 47.5 Å². The summed E-state index contributed by atoms with van der Waals surface area (Å²) in [4.78, 5) is 26.1. The fourth-order valence-electron chi connectivity index (χ4n) is 2.82. The minimum absolute atomic E-state index is 0.158. The van der Waals surface area contributed by atoms with Gasteiger partial charge in [0.15, 0.2) is 5.69 Å². The maximum atomic E-state index is 13.2. The van der Waals surface area contributed by atoms with Crippen LogP contribution in [0.2, 0.25) is 0 Å². The fraction of sp³-hybridized carbons (Fsp3) is 0.353. The molecule has 2 heterocycles. The number of carbonyl (C=O) groups is 2. The first-order valence-corrected chi connectivity index (χ1v) is 7.88. The maximum Gasteiger partial charge on any atom is 0.275 e. The summed E-state index contributed by atoms with van der Waals surface area (Å²) >= 11 is 0. The number of benzene rings is 1. The lowest BCUT2D eigenvalue weighted by Crippen LogP contribution is -2.45. The number of rotatable bonds is 2. The van der Waals surface area contributed by atoms with Crippen LogP contribution in [0.4, 0.5) is 4.39 Å². The van der Waals surface area contributed by atoms with Crippen molar-refractivity contribution in [3.63, 3.8) is 0 Å². The van der Waals surface area contributed by atoms with Gasteiger partial charge in [-0.15, -0.1) is 0 Å². The Morgan fingerprint density at radius 3 is 2.92 bits per heavy atom. The van der Waals surface area contributed by atoms with Gasteiger partial charge in [0.05, 0.1) is 5.69 Å². The molecule has 1 aromatic heterocycles. The number of halogens is 1. The van der Waals surface area contributed by atoms with Crippen molar-refractivity contribution in [1.29, 1.82) is 0 Å². The minimum Gasteiger partial charge on any atom is -0.354 e. The second-order valence-corrected chi connectivity index (χ2v) is 5.90. The average molecular weight is 330 g/mol. The normalized spacial score (nSPS) is 18.2. The van der Waals surface area contributed by atoms with Crippen molar-refractivity contribution >= 4 is 11.8 Å². The maximum absolute atomic E-state index is 13.2. The minimum atomic E-state index is -0.530. The standard InChI is InChI=1S/C17H19FN4O2/c1-11-10-13(18)4-5-15(11)22-9-6-14(20-22)17(24)21-8-3-7-19-16(23)12(21)2/h4-6,9-10,12H,3,7-8H2,1-2H3,(H,19,23)/t12-/m1/s1. The molecule has 1 atom stereocenters. The van der Waals surface area contributed by atoms with Gasteiger partial charge in [-0.2, -0.15) is 5.10 Å². The Balaban J connectivity index is 1.87. The van der Waals surface area contributed by atoms with Crippen LogP contribution in [0, 0.1) is 12.7 Å². The molecule has 1 N–H and O–H groups in total. The van der Waals surface area contributed by atoms with Gasteiger partial charge in [-0.3, -0.25) is 9.59 Å². The van der Waals surface area contributed by atoms with E-state index in [4.69, 9.17) is 0 Å². The molecule has 6 nitrogen and oxygen atoms in total. The average Bonchev–Trinajstić information content (AvgIpc) is 2.96. The van der Waals surface area contributed by atoms with Gasteiger partial charge in [-0.25, -0.2) is 9.07 Å². The zero-order chi connectivity index (χ0) is 17.3. The molecule has 0 radical (unpaired) electrons. The van der Waals surface area contributed by atoms with E-state index in [-0.39, 0.29) is 23.3 Å². The smallest absolute Gasteiger partial charge is 0.275 e. The molecule has 0 unspecified atom stereocenters. The van der Waals surface area contributed by atoms with Crippen molar-refractivity contribution < 1.29 is 14.0 Å². The van der Waals surface area contributed by atoms with Crippen molar-refractivity contribution in [1.82, 2.24) is 20.0 Å². The molecule has 0 saturated carbocycles. The van der Waals surface area contributed by atoms with Gasteiger partial charge < -0.3 is 10.2 Å². The number of aromatic nitrogens is 2. The van der Waals surface area contributed by atoms with Crippen LogP contribution in [-0.2, 0) is 4.79 Å². The van der Waals surface area contributed by atoms with E-state index in [2.05, 4.69) is 10.4 Å². The highest BCUT2D eigenvalue weighted by atomic mass is 19.1. The van der Waals surface area contributed by atoms with E-state index < -0.39 is 6.04 Å². The third-order valence-electron chi connectivity index (χ3n) is 4.20. The summed E-state index contributed by atoms with van der Waals surface area (Å²) in [7, 11) is 0. The molecular formula is C17H19FN4O2. The molecule has 2 amide bonds. The molecule has 0 aliphatic carbocycles. The summed E-state index contributed by atoms with van der Waals surface area (Å²) in [5.74, 6) is -0.753. The highest BCUT2D eigenvalue weighted by molar-refractivity contribution is 5.96. The molecule has 126 valence electrons. The third-order valence-corrected chi connectivity index (χ3v) is 4.20. The zero-order valence-corrected chi connectivity index (χ0v) is 13.6. The monoisotopic (exact) mass is 330 g/mol. The van der Waals surface area contributed by atoms with Crippen LogP contribution in [0.3, 0.4) is 0 Å². The van der Waals surface area contributed by atoms with Crippen LogP contribution < -0.4 is 5.32 Å². The lowest BCUT2D eigenvalue weighted by molar-refractivity contribution is -0.124. The van der Waals surface area contributed by atoms with Gasteiger partial charge in [0.25, 0.3) is 5.91 Å². The number of nitrogens with one attached hydrogen (secondary N) is 1. The van der Waals surface area contributed by atoms with E-state index >= 15 is 0 Å². The number of carbonyl (C=O) groups excluding carboxylic acids is 2. The van der Waals surface area contributed by atoms with E-state index in [0.717, 1.165) is 5.56 Å². The summed E-state index contributed by atoms with van der Waals surface area (Å²) in [5.41, 5.74) is 1.69. The molecule has 1 fully saturated rings. The Morgan fingerprint density at radius 2 is 2.17 bits per heavy atom. The molecule has 0 spiro atoms. The Bertz CT molecular complexity index is 787. The zero-order valence-electron chi connectivity index (χ0n) is 13.6. The van der Waals surface area contributed by atoms with Crippen molar-refractivity contribution in [2.45, 2.75) is 26.3 Å². The van der Waals surface area contributed by atoms with Gasteiger partial charge >= 0.3 is 0 Å². The first-order valence-electron chi connectivity index (χ1n) is 7.88. The summed E-state index contributed by atoms with van der Waals surface area (Å²) in [6.07, 6.45) is 2.37. The van der Waals surface area contributed by atoms with Crippen LogP contribution in [0.15, 0.2) is 30.5 Å². The van der Waals surface area contributed by atoms with Crippen LogP contribution in [0.5, 0.6) is 0 Å². The van der Waals surface area contributed by atoms with Crippen LogP contribution in [0.25, 0.3) is 5.69 Å². The van der Waals surface area contributed by atoms with Gasteiger partial charge in [0, 0.05) is 19.3 Å². The van der Waals surface area contributed by atoms with E-state index in [1.54, 1.807) is 36.9 Å². The van der Waals surface area contributed by atoms with Crippen LogP contribution >= 0.6 is 0 Å². The van der Waals surface area contributed by atoms with E-state index in [1.807, 2.05) is 0 Å². The van der Waals surface area contributed by atoms with E-state index in [9.17, 15) is 14.0 Å². The van der Waals surface area contributed by atoms with Gasteiger partial charge in [0.1, 0.15) is 11.9 Å². The van der Waals surface area contributed by atoms with Gasteiger partial charge in [-0.1, -0.05) is 0 Å². The predicted octanol–water partition coefficient (Wildman–Crippen LogP) is 1.67. The van der Waals surface area contributed by atoms with Crippen molar-refractivity contribution in [3.8, 4) is 5.69 Å². The van der Waals surface area contributed by atoms with Gasteiger partial charge in [-0.05, 0) is 50.1 Å². The summed E-state index contributed by atoms with van der Waals surface area (Å²) in [6.45, 7) is 4.56. The molecule has 1 aromatic carbocycles. The Labute approximate surface area is 139 Å². The predicted molar refractivity (Wildman–Crippen MR) is 86.4 cm³/mol. The van der Waals surface area contributed by atoms with Crippen LogP contribution in [-0.4, -0.2) is 45.6 Å². The van der Waals surface area contributed by atoms with E-state index in [1.165, 1.54) is 17.0 Å². The summed E-state index contributed by atoms with van der Waals surface area (Å²) in [6, 6.07) is 5.47. The number of nitrogens with zero attached hydrogens (tertiary/aromatic N) is 3. The highest BCUT2D eigenvalue weighted by Crippen LogP contribution is 2.16. The lowest BCUT2D eigenvalue weighted by Gasteiger charge is -2.24. The van der Waals surface area contributed by atoms with Gasteiger partial charge in [0.2, 0.25) is 5.91 Å².